The molecule has 3 aromatic rings. The van der Waals surface area contributed by atoms with E-state index >= 15 is 0 Å². The van der Waals surface area contributed by atoms with Crippen LogP contribution in [0.4, 0.5) is 0 Å². The summed E-state index contributed by atoms with van der Waals surface area (Å²) in [6.07, 6.45) is 12.6. The Morgan fingerprint density at radius 3 is 2.76 bits per heavy atom. The molecular formula is C30H32N2O5. The van der Waals surface area contributed by atoms with E-state index in [1.165, 1.54) is 0 Å². The van der Waals surface area contributed by atoms with Crippen LogP contribution in [0.15, 0.2) is 78.5 Å². The summed E-state index contributed by atoms with van der Waals surface area (Å²) in [4.78, 5) is 17.9. The van der Waals surface area contributed by atoms with Gasteiger partial charge in [-0.25, -0.2) is 0 Å². The normalized spacial score (nSPS) is 12.8. The Morgan fingerprint density at radius 1 is 1.03 bits per heavy atom. The molecule has 0 fully saturated rings. The molecule has 0 bridgehead atoms. The first-order valence-electron chi connectivity index (χ1n) is 12.4. The second kappa shape index (κ2) is 12.9. The van der Waals surface area contributed by atoms with Gasteiger partial charge in [-0.2, -0.15) is 0 Å². The Hall–Kier alpha value is -3.94. The van der Waals surface area contributed by atoms with Gasteiger partial charge >= 0.3 is 0 Å². The molecule has 37 heavy (non-hydrogen) atoms. The third-order valence-corrected chi connectivity index (χ3v) is 5.92. The summed E-state index contributed by atoms with van der Waals surface area (Å²) in [7, 11) is 1.59. The third-order valence-electron chi connectivity index (χ3n) is 5.92. The van der Waals surface area contributed by atoms with Gasteiger partial charge in [0.2, 0.25) is 0 Å². The number of allylic oxidation sites excluding steroid dienone is 6. The van der Waals surface area contributed by atoms with Crippen LogP contribution in [0.2, 0.25) is 0 Å². The predicted molar refractivity (Wildman–Crippen MR) is 145 cm³/mol. The van der Waals surface area contributed by atoms with Gasteiger partial charge in [0.25, 0.3) is 0 Å². The van der Waals surface area contributed by atoms with Gasteiger partial charge in [0, 0.05) is 29.8 Å². The van der Waals surface area contributed by atoms with Crippen LogP contribution in [0.1, 0.15) is 28.8 Å². The van der Waals surface area contributed by atoms with Crippen molar-refractivity contribution in [1.29, 1.82) is 0 Å². The number of nitrogens with one attached hydrogen (secondary N) is 1. The molecule has 0 aliphatic heterocycles. The molecule has 192 valence electrons. The largest absolute Gasteiger partial charge is 0.493 e. The van der Waals surface area contributed by atoms with Gasteiger partial charge in [-0.05, 0) is 50.6 Å². The standard InChI is InChI=1S/C30H32N2O5/c1-21-10-11-26(24(18-21)30(34)22-8-5-3-4-6-9-22)37-27-12-14-32-25-20-29(28(35-2)19-23(25)27)36-17-7-13-31-15-16-33/h3-6,8,10-12,14,18-20,31,33H,7,9,13,15-17H2,1-2H3. The number of Topliss-reactive ketones (excluding diaryl/α,β-unsaturated/α-hetero) is 1. The van der Waals surface area contributed by atoms with E-state index in [0.29, 0.717) is 59.2 Å². The number of rotatable bonds is 12. The van der Waals surface area contributed by atoms with Gasteiger partial charge in [0.05, 0.1) is 31.4 Å². The summed E-state index contributed by atoms with van der Waals surface area (Å²) < 4.78 is 17.9. The van der Waals surface area contributed by atoms with Crippen molar-refractivity contribution < 1.29 is 24.1 Å². The molecule has 0 spiro atoms. The molecule has 1 aliphatic rings. The number of aliphatic hydroxyl groups excluding tert-OH is 1. The molecule has 0 saturated carbocycles. The number of benzene rings is 2. The molecular weight excluding hydrogens is 468 g/mol. The molecule has 2 aromatic carbocycles. The Morgan fingerprint density at radius 2 is 1.92 bits per heavy atom. The van der Waals surface area contributed by atoms with Crippen LogP contribution in [0, 0.1) is 6.92 Å². The summed E-state index contributed by atoms with van der Waals surface area (Å²) >= 11 is 0. The number of pyridine rings is 1. The summed E-state index contributed by atoms with van der Waals surface area (Å²) in [6, 6.07) is 11.1. The number of hydrogen-bond acceptors (Lipinski definition) is 7. The number of ketones is 1. The highest BCUT2D eigenvalue weighted by Crippen LogP contribution is 2.38. The van der Waals surface area contributed by atoms with Gasteiger partial charge in [-0.3, -0.25) is 9.78 Å². The number of carbonyl (C=O) groups excluding carboxylic acids is 1. The molecule has 1 heterocycles. The molecule has 1 aliphatic carbocycles. The molecule has 0 radical (unpaired) electrons. The number of nitrogens with zero attached hydrogens (tertiary/aromatic N) is 1. The van der Waals surface area contributed by atoms with Crippen LogP contribution in [-0.4, -0.2) is 49.3 Å². The summed E-state index contributed by atoms with van der Waals surface area (Å²) in [5.74, 6) is 2.15. The van der Waals surface area contributed by atoms with Crippen molar-refractivity contribution in [3.8, 4) is 23.0 Å². The molecule has 1 aromatic heterocycles. The first kappa shape index (κ1) is 26.1. The van der Waals surface area contributed by atoms with Gasteiger partial charge in [-0.15, -0.1) is 0 Å². The molecule has 0 amide bonds. The van der Waals surface area contributed by atoms with Gasteiger partial charge < -0.3 is 24.6 Å². The number of hydrogen-bond donors (Lipinski definition) is 2. The molecule has 0 unspecified atom stereocenters. The number of ether oxygens (including phenoxy) is 3. The summed E-state index contributed by atoms with van der Waals surface area (Å²) in [5.41, 5.74) is 2.88. The smallest absolute Gasteiger partial charge is 0.193 e. The maximum atomic E-state index is 13.4. The average Bonchev–Trinajstić information content (AvgIpc) is 3.20. The minimum Gasteiger partial charge on any atom is -0.493 e. The van der Waals surface area contributed by atoms with E-state index in [9.17, 15) is 4.79 Å². The van der Waals surface area contributed by atoms with Crippen molar-refractivity contribution in [2.45, 2.75) is 19.8 Å². The minimum absolute atomic E-state index is 0.0602. The Labute approximate surface area is 217 Å². The lowest BCUT2D eigenvalue weighted by molar-refractivity contribution is 0.103. The lowest BCUT2D eigenvalue weighted by Gasteiger charge is -2.16. The third kappa shape index (κ3) is 6.64. The van der Waals surface area contributed by atoms with Crippen molar-refractivity contribution in [3.05, 3.63) is 89.7 Å². The van der Waals surface area contributed by atoms with Crippen molar-refractivity contribution in [2.75, 3.05) is 33.4 Å². The van der Waals surface area contributed by atoms with Crippen LogP contribution < -0.4 is 19.5 Å². The number of fused-ring (bicyclic) bond motifs is 1. The Balaban J connectivity index is 1.61. The number of aromatic nitrogens is 1. The molecule has 0 atom stereocenters. The Bertz CT molecular complexity index is 1340. The van der Waals surface area contributed by atoms with E-state index in [0.717, 1.165) is 23.9 Å². The maximum Gasteiger partial charge on any atom is 0.193 e. The van der Waals surface area contributed by atoms with Crippen LogP contribution in [0.3, 0.4) is 0 Å². The predicted octanol–water partition coefficient (Wildman–Crippen LogP) is 5.32. The fourth-order valence-corrected chi connectivity index (χ4v) is 4.02. The van der Waals surface area contributed by atoms with Crippen molar-refractivity contribution in [3.63, 3.8) is 0 Å². The first-order valence-corrected chi connectivity index (χ1v) is 12.4. The molecule has 7 nitrogen and oxygen atoms in total. The average molecular weight is 501 g/mol. The number of methoxy groups -OCH3 is 1. The zero-order chi connectivity index (χ0) is 26.0. The summed E-state index contributed by atoms with van der Waals surface area (Å²) in [6.45, 7) is 3.87. The van der Waals surface area contributed by atoms with E-state index in [2.05, 4.69) is 10.3 Å². The fourth-order valence-electron chi connectivity index (χ4n) is 4.02. The van der Waals surface area contributed by atoms with Crippen LogP contribution in [0.25, 0.3) is 10.9 Å². The van der Waals surface area contributed by atoms with Crippen molar-refractivity contribution in [2.24, 2.45) is 0 Å². The zero-order valence-electron chi connectivity index (χ0n) is 21.2. The van der Waals surface area contributed by atoms with Crippen molar-refractivity contribution >= 4 is 16.7 Å². The lowest BCUT2D eigenvalue weighted by Crippen LogP contribution is -2.20. The van der Waals surface area contributed by atoms with E-state index < -0.39 is 0 Å². The molecule has 0 saturated heterocycles. The minimum atomic E-state index is -0.0602. The highest BCUT2D eigenvalue weighted by molar-refractivity contribution is 6.11. The van der Waals surface area contributed by atoms with E-state index in [-0.39, 0.29) is 12.4 Å². The number of carbonyl (C=O) groups is 1. The highest BCUT2D eigenvalue weighted by atomic mass is 16.5. The van der Waals surface area contributed by atoms with Crippen molar-refractivity contribution in [1.82, 2.24) is 10.3 Å². The van der Waals surface area contributed by atoms with Crippen LogP contribution >= 0.6 is 0 Å². The highest BCUT2D eigenvalue weighted by Gasteiger charge is 2.19. The zero-order valence-corrected chi connectivity index (χ0v) is 21.2. The van der Waals surface area contributed by atoms with Crippen LogP contribution in [-0.2, 0) is 0 Å². The second-order valence-electron chi connectivity index (χ2n) is 8.64. The summed E-state index contributed by atoms with van der Waals surface area (Å²) in [5, 5.41) is 12.7. The monoisotopic (exact) mass is 500 g/mol. The quantitative estimate of drug-likeness (QED) is 0.257. The number of aliphatic hydroxyl groups is 1. The number of aryl methyl sites for hydroxylation is 1. The molecule has 4 rings (SSSR count). The van der Waals surface area contributed by atoms with Gasteiger partial charge in [0.15, 0.2) is 17.3 Å². The van der Waals surface area contributed by atoms with Gasteiger partial charge in [-0.1, -0.05) is 42.0 Å². The van der Waals surface area contributed by atoms with E-state index in [1.807, 2.05) is 67.6 Å². The van der Waals surface area contributed by atoms with E-state index in [1.54, 1.807) is 19.4 Å². The van der Waals surface area contributed by atoms with E-state index in [4.69, 9.17) is 19.3 Å². The van der Waals surface area contributed by atoms with Gasteiger partial charge in [0.1, 0.15) is 11.5 Å². The fraction of sp³-hybridized carbons (Fsp3) is 0.267. The topological polar surface area (TPSA) is 89.9 Å². The van der Waals surface area contributed by atoms with Crippen LogP contribution in [0.5, 0.6) is 23.0 Å². The maximum absolute atomic E-state index is 13.4. The SMILES string of the molecule is COc1cc2c(Oc3ccc(C)cc3C(=O)C3=CC=CC=CC3)ccnc2cc1OCCCNCCO. The molecule has 2 N–H and O–H groups in total. The molecule has 7 heteroatoms. The lowest BCUT2D eigenvalue weighted by atomic mass is 9.98. The Kier molecular flexibility index (Phi) is 9.08. The second-order valence-corrected chi connectivity index (χ2v) is 8.64. The first-order chi connectivity index (χ1) is 18.1.